The van der Waals surface area contributed by atoms with E-state index in [1.54, 1.807) is 7.11 Å². The predicted molar refractivity (Wildman–Crippen MR) is 102 cm³/mol. The zero-order valence-corrected chi connectivity index (χ0v) is 15.8. The first-order chi connectivity index (χ1) is 11.9. The smallest absolute Gasteiger partial charge is 0.191 e. The molecule has 6 nitrogen and oxygen atoms in total. The van der Waals surface area contributed by atoms with E-state index in [0.717, 1.165) is 29.4 Å². The number of nitrogens with one attached hydrogen (secondary N) is 2. The summed E-state index contributed by atoms with van der Waals surface area (Å²) in [6.45, 7) is 10.2. The molecule has 136 valence electrons. The second kappa shape index (κ2) is 8.67. The van der Waals surface area contributed by atoms with Gasteiger partial charge in [-0.2, -0.15) is 5.10 Å². The van der Waals surface area contributed by atoms with Crippen LogP contribution in [0.25, 0.3) is 5.69 Å². The minimum absolute atomic E-state index is 0.249. The molecule has 0 fully saturated rings. The van der Waals surface area contributed by atoms with E-state index in [4.69, 9.17) is 9.73 Å². The molecule has 0 unspecified atom stereocenters. The summed E-state index contributed by atoms with van der Waals surface area (Å²) in [6, 6.07) is 10.2. The Morgan fingerprint density at radius 1 is 1.24 bits per heavy atom. The Bertz CT molecular complexity index is 705. The van der Waals surface area contributed by atoms with Gasteiger partial charge in [0.2, 0.25) is 0 Å². The van der Waals surface area contributed by atoms with Gasteiger partial charge >= 0.3 is 0 Å². The molecule has 0 aliphatic rings. The average molecular weight is 343 g/mol. The van der Waals surface area contributed by atoms with Crippen LogP contribution in [0.5, 0.6) is 0 Å². The van der Waals surface area contributed by atoms with E-state index in [9.17, 15) is 0 Å². The fourth-order valence-corrected chi connectivity index (χ4v) is 2.29. The van der Waals surface area contributed by atoms with E-state index >= 15 is 0 Å². The van der Waals surface area contributed by atoms with E-state index in [1.165, 1.54) is 0 Å². The Balaban J connectivity index is 2.15. The van der Waals surface area contributed by atoms with Crippen molar-refractivity contribution in [3.63, 3.8) is 0 Å². The lowest BCUT2D eigenvalue weighted by Gasteiger charge is -2.24. The molecule has 2 rings (SSSR count). The molecule has 2 aromatic rings. The molecule has 6 heteroatoms. The fraction of sp³-hybridized carbons (Fsp3) is 0.474. The predicted octanol–water partition coefficient (Wildman–Crippen LogP) is 2.66. The van der Waals surface area contributed by atoms with Crippen molar-refractivity contribution in [1.82, 2.24) is 20.4 Å². The highest BCUT2D eigenvalue weighted by Gasteiger charge is 2.16. The van der Waals surface area contributed by atoms with Crippen LogP contribution in [0.15, 0.2) is 41.5 Å². The second-order valence-electron chi connectivity index (χ2n) is 6.54. The van der Waals surface area contributed by atoms with Crippen LogP contribution in [0.1, 0.15) is 32.0 Å². The summed E-state index contributed by atoms with van der Waals surface area (Å²) in [6.07, 6.45) is 1.97. The molecule has 1 aromatic carbocycles. The molecule has 0 aliphatic heterocycles. The molecular formula is C19H29N5O. The van der Waals surface area contributed by atoms with E-state index < -0.39 is 0 Å². The molecule has 25 heavy (non-hydrogen) atoms. The van der Waals surface area contributed by atoms with Gasteiger partial charge in [0.05, 0.1) is 23.5 Å². The quantitative estimate of drug-likeness (QED) is 0.599. The minimum atomic E-state index is -0.249. The Hall–Kier alpha value is -2.34. The van der Waals surface area contributed by atoms with Crippen LogP contribution in [-0.4, -0.2) is 41.5 Å². The van der Waals surface area contributed by atoms with Crippen LogP contribution in [0, 0.1) is 6.92 Å². The molecule has 0 aliphatic carbocycles. The number of aromatic nitrogens is 2. The van der Waals surface area contributed by atoms with E-state index in [2.05, 4.69) is 34.8 Å². The summed E-state index contributed by atoms with van der Waals surface area (Å²) in [4.78, 5) is 4.71. The number of rotatable bonds is 7. The second-order valence-corrected chi connectivity index (χ2v) is 6.54. The zero-order valence-electron chi connectivity index (χ0n) is 15.8. The van der Waals surface area contributed by atoms with Crippen molar-refractivity contribution in [2.75, 3.05) is 20.2 Å². The monoisotopic (exact) mass is 343 g/mol. The van der Waals surface area contributed by atoms with Crippen LogP contribution >= 0.6 is 0 Å². The van der Waals surface area contributed by atoms with Gasteiger partial charge in [0.15, 0.2) is 5.96 Å². The van der Waals surface area contributed by atoms with Gasteiger partial charge < -0.3 is 15.4 Å². The summed E-state index contributed by atoms with van der Waals surface area (Å²) in [5.74, 6) is 0.777. The lowest BCUT2D eigenvalue weighted by molar-refractivity contribution is 0.0268. The number of aryl methyl sites for hydroxylation is 1. The molecule has 0 bridgehead atoms. The van der Waals surface area contributed by atoms with Gasteiger partial charge in [-0.25, -0.2) is 9.67 Å². The zero-order chi connectivity index (χ0) is 18.3. The molecule has 1 heterocycles. The number of methoxy groups -OCH3 is 1. The Labute approximate surface area is 150 Å². The van der Waals surface area contributed by atoms with Crippen molar-refractivity contribution < 1.29 is 4.74 Å². The van der Waals surface area contributed by atoms with Crippen LogP contribution < -0.4 is 10.6 Å². The van der Waals surface area contributed by atoms with Crippen LogP contribution in [0.4, 0.5) is 0 Å². The maximum atomic E-state index is 5.45. The van der Waals surface area contributed by atoms with Gasteiger partial charge in [0, 0.05) is 26.4 Å². The fourth-order valence-electron chi connectivity index (χ4n) is 2.29. The molecular weight excluding hydrogens is 314 g/mol. The molecule has 0 saturated carbocycles. The minimum Gasteiger partial charge on any atom is -0.377 e. The number of nitrogens with zero attached hydrogens (tertiary/aromatic N) is 3. The maximum absolute atomic E-state index is 5.45. The number of hydrogen-bond donors (Lipinski definition) is 2. The van der Waals surface area contributed by atoms with Crippen molar-refractivity contribution in [2.24, 2.45) is 4.99 Å². The summed E-state index contributed by atoms with van der Waals surface area (Å²) in [7, 11) is 1.72. The summed E-state index contributed by atoms with van der Waals surface area (Å²) < 4.78 is 7.35. The van der Waals surface area contributed by atoms with Crippen LogP contribution in [0.2, 0.25) is 0 Å². The van der Waals surface area contributed by atoms with Crippen LogP contribution in [0.3, 0.4) is 0 Å². The highest BCUT2D eigenvalue weighted by Crippen LogP contribution is 2.15. The number of guanidine groups is 1. The first kappa shape index (κ1) is 19.0. The van der Waals surface area contributed by atoms with Crippen molar-refractivity contribution in [3.8, 4) is 5.69 Å². The van der Waals surface area contributed by atoms with Gasteiger partial charge in [-0.1, -0.05) is 18.2 Å². The largest absolute Gasteiger partial charge is 0.377 e. The molecule has 0 atom stereocenters. The Morgan fingerprint density at radius 2 is 2.00 bits per heavy atom. The van der Waals surface area contributed by atoms with Crippen LogP contribution in [-0.2, 0) is 11.3 Å². The third kappa shape index (κ3) is 5.60. The summed E-state index contributed by atoms with van der Waals surface area (Å²) in [5, 5.41) is 11.1. The number of ether oxygens (including phenoxy) is 1. The van der Waals surface area contributed by atoms with E-state index in [0.29, 0.717) is 13.1 Å². The van der Waals surface area contributed by atoms with Gasteiger partial charge in [-0.3, -0.25) is 0 Å². The average Bonchev–Trinajstić information content (AvgIpc) is 3.04. The molecule has 0 radical (unpaired) electrons. The van der Waals surface area contributed by atoms with Gasteiger partial charge in [0.25, 0.3) is 0 Å². The number of aliphatic imine (C=N–C) groups is 1. The normalized spacial score (nSPS) is 12.3. The van der Waals surface area contributed by atoms with Crippen molar-refractivity contribution in [3.05, 3.63) is 47.8 Å². The van der Waals surface area contributed by atoms with Crippen molar-refractivity contribution >= 4 is 5.96 Å². The number of para-hydroxylation sites is 1. The van der Waals surface area contributed by atoms with Crippen molar-refractivity contribution in [1.29, 1.82) is 0 Å². The van der Waals surface area contributed by atoms with Gasteiger partial charge in [-0.05, 0) is 45.4 Å². The summed E-state index contributed by atoms with van der Waals surface area (Å²) in [5.41, 5.74) is 2.91. The van der Waals surface area contributed by atoms with E-state index in [-0.39, 0.29) is 5.60 Å². The van der Waals surface area contributed by atoms with Crippen molar-refractivity contribution in [2.45, 2.75) is 39.8 Å². The molecule has 2 N–H and O–H groups in total. The lowest BCUT2D eigenvalue weighted by atomic mass is 10.1. The maximum Gasteiger partial charge on any atom is 0.191 e. The summed E-state index contributed by atoms with van der Waals surface area (Å²) >= 11 is 0. The third-order valence-corrected chi connectivity index (χ3v) is 3.95. The first-order valence-corrected chi connectivity index (χ1v) is 8.63. The topological polar surface area (TPSA) is 63.5 Å². The third-order valence-electron chi connectivity index (χ3n) is 3.95. The molecule has 0 amide bonds. The molecule has 1 aromatic heterocycles. The number of benzene rings is 1. The SMILES string of the molecule is CCNC(=NCc1ccccc1-n1ccc(C)n1)NCC(C)(C)OC. The molecule has 0 saturated heterocycles. The highest BCUT2D eigenvalue weighted by molar-refractivity contribution is 5.79. The lowest BCUT2D eigenvalue weighted by Crippen LogP contribution is -2.45. The highest BCUT2D eigenvalue weighted by atomic mass is 16.5. The van der Waals surface area contributed by atoms with Gasteiger partial charge in [0.1, 0.15) is 0 Å². The molecule has 0 spiro atoms. The Kier molecular flexibility index (Phi) is 6.58. The van der Waals surface area contributed by atoms with Gasteiger partial charge in [-0.15, -0.1) is 0 Å². The standard InChI is InChI=1S/C19H29N5O/c1-6-20-18(22-14-19(3,4)25-5)21-13-16-9-7-8-10-17(16)24-12-11-15(2)23-24/h7-12H,6,13-14H2,1-5H3,(H2,20,21,22). The number of hydrogen-bond acceptors (Lipinski definition) is 3. The van der Waals surface area contributed by atoms with E-state index in [1.807, 2.05) is 49.8 Å². The Morgan fingerprint density at radius 3 is 2.64 bits per heavy atom. The first-order valence-electron chi connectivity index (χ1n) is 8.63.